The molecular weight excluding hydrogens is 212 g/mol. The molecule has 0 aromatic rings. The second-order valence-corrected chi connectivity index (χ2v) is 3.71. The third-order valence-corrected chi connectivity index (χ3v) is 2.57. The normalized spacial score (nSPS) is 19.6. The van der Waals surface area contributed by atoms with E-state index in [0.29, 0.717) is 19.5 Å². The zero-order valence-electron chi connectivity index (χ0n) is 8.94. The molecular formula is C9H16N4O3. The van der Waals surface area contributed by atoms with Gasteiger partial charge in [-0.25, -0.2) is 0 Å². The molecule has 1 atom stereocenters. The molecule has 0 spiro atoms. The van der Waals surface area contributed by atoms with Crippen molar-refractivity contribution in [2.45, 2.75) is 6.42 Å². The summed E-state index contributed by atoms with van der Waals surface area (Å²) >= 11 is 0. The Labute approximate surface area is 93.1 Å². The van der Waals surface area contributed by atoms with Crippen LogP contribution in [0, 0.1) is 5.92 Å². The third-order valence-electron chi connectivity index (χ3n) is 2.57. The van der Waals surface area contributed by atoms with E-state index < -0.39 is 0 Å². The average Bonchev–Trinajstić information content (AvgIpc) is 2.74. The Hall–Kier alpha value is -1.63. The highest BCUT2D eigenvalue weighted by molar-refractivity contribution is 5.86. The molecule has 3 amide bonds. The lowest BCUT2D eigenvalue weighted by Crippen LogP contribution is -2.41. The highest BCUT2D eigenvalue weighted by Gasteiger charge is 2.29. The van der Waals surface area contributed by atoms with Gasteiger partial charge in [0.2, 0.25) is 17.7 Å². The van der Waals surface area contributed by atoms with Crippen LogP contribution in [0.25, 0.3) is 0 Å². The van der Waals surface area contributed by atoms with E-state index in [1.54, 1.807) is 0 Å². The molecule has 1 aliphatic heterocycles. The molecule has 1 saturated heterocycles. The maximum atomic E-state index is 11.6. The molecule has 7 nitrogen and oxygen atoms in total. The van der Waals surface area contributed by atoms with Gasteiger partial charge in [-0.2, -0.15) is 0 Å². The molecule has 0 radical (unpaired) electrons. The Kier molecular flexibility index (Phi) is 4.24. The highest BCUT2D eigenvalue weighted by atomic mass is 16.2. The minimum Gasteiger partial charge on any atom is -0.369 e. The number of hydrogen-bond donors (Lipinski definition) is 3. The van der Waals surface area contributed by atoms with E-state index in [2.05, 4.69) is 5.32 Å². The Morgan fingerprint density at radius 3 is 2.56 bits per heavy atom. The van der Waals surface area contributed by atoms with E-state index in [-0.39, 0.29) is 36.7 Å². The van der Waals surface area contributed by atoms with Crippen LogP contribution in [0.2, 0.25) is 0 Å². The van der Waals surface area contributed by atoms with Gasteiger partial charge in [0.25, 0.3) is 0 Å². The molecule has 0 aromatic carbocycles. The van der Waals surface area contributed by atoms with Crippen LogP contribution in [-0.4, -0.2) is 48.8 Å². The first-order chi connectivity index (χ1) is 7.54. The van der Waals surface area contributed by atoms with Crippen LogP contribution in [0.4, 0.5) is 0 Å². The number of nitrogens with two attached hydrogens (primary N) is 2. The van der Waals surface area contributed by atoms with Gasteiger partial charge in [-0.1, -0.05) is 0 Å². The zero-order chi connectivity index (χ0) is 12.1. The Bertz CT molecular complexity index is 305. The molecule has 16 heavy (non-hydrogen) atoms. The molecule has 0 saturated carbocycles. The summed E-state index contributed by atoms with van der Waals surface area (Å²) in [5, 5.41) is 2.38. The second kappa shape index (κ2) is 5.45. The van der Waals surface area contributed by atoms with Gasteiger partial charge in [-0.15, -0.1) is 0 Å². The number of nitrogens with zero attached hydrogens (tertiary/aromatic N) is 1. The zero-order valence-corrected chi connectivity index (χ0v) is 8.94. The monoisotopic (exact) mass is 228 g/mol. The van der Waals surface area contributed by atoms with Gasteiger partial charge in [-0.3, -0.25) is 14.4 Å². The quantitative estimate of drug-likeness (QED) is 0.488. The van der Waals surface area contributed by atoms with Gasteiger partial charge in [0.1, 0.15) is 0 Å². The van der Waals surface area contributed by atoms with E-state index in [1.807, 2.05) is 0 Å². The van der Waals surface area contributed by atoms with Gasteiger partial charge in [0.15, 0.2) is 0 Å². The van der Waals surface area contributed by atoms with Crippen molar-refractivity contribution >= 4 is 17.7 Å². The van der Waals surface area contributed by atoms with Gasteiger partial charge < -0.3 is 21.7 Å². The summed E-state index contributed by atoms with van der Waals surface area (Å²) in [7, 11) is 0. The van der Waals surface area contributed by atoms with Crippen LogP contribution in [0.5, 0.6) is 0 Å². The van der Waals surface area contributed by atoms with Crippen LogP contribution in [-0.2, 0) is 14.4 Å². The number of carbonyl (C=O) groups excluding carboxylic acids is 3. The molecule has 1 aliphatic rings. The number of carbonyl (C=O) groups is 3. The highest BCUT2D eigenvalue weighted by Crippen LogP contribution is 2.15. The predicted octanol–water partition coefficient (Wildman–Crippen LogP) is -2.60. The molecule has 0 aromatic heterocycles. The van der Waals surface area contributed by atoms with Crippen molar-refractivity contribution in [3.63, 3.8) is 0 Å². The SMILES string of the molecule is NCC(=O)NCC(=O)N1CCC(C(N)=O)C1. The van der Waals surface area contributed by atoms with Gasteiger partial charge in [0, 0.05) is 13.1 Å². The molecule has 1 unspecified atom stereocenters. The number of rotatable bonds is 4. The molecule has 1 fully saturated rings. The molecule has 0 bridgehead atoms. The Morgan fingerprint density at radius 1 is 1.38 bits per heavy atom. The van der Waals surface area contributed by atoms with Crippen molar-refractivity contribution in [3.05, 3.63) is 0 Å². The lowest BCUT2D eigenvalue weighted by molar-refractivity contribution is -0.132. The van der Waals surface area contributed by atoms with Crippen molar-refractivity contribution in [1.82, 2.24) is 10.2 Å². The molecule has 5 N–H and O–H groups in total. The van der Waals surface area contributed by atoms with E-state index in [9.17, 15) is 14.4 Å². The molecule has 1 heterocycles. The average molecular weight is 228 g/mol. The largest absolute Gasteiger partial charge is 0.369 e. The fourth-order valence-corrected chi connectivity index (χ4v) is 1.58. The Morgan fingerprint density at radius 2 is 2.06 bits per heavy atom. The molecule has 7 heteroatoms. The van der Waals surface area contributed by atoms with Crippen LogP contribution in [0.1, 0.15) is 6.42 Å². The third kappa shape index (κ3) is 3.20. The van der Waals surface area contributed by atoms with E-state index in [1.165, 1.54) is 4.90 Å². The number of nitrogens with one attached hydrogen (secondary N) is 1. The minimum absolute atomic E-state index is 0.0818. The van der Waals surface area contributed by atoms with E-state index in [0.717, 1.165) is 0 Å². The first-order valence-electron chi connectivity index (χ1n) is 5.08. The molecule has 1 rings (SSSR count). The fourth-order valence-electron chi connectivity index (χ4n) is 1.58. The number of likely N-dealkylation sites (tertiary alicyclic amines) is 1. The summed E-state index contributed by atoms with van der Waals surface area (Å²) in [6.07, 6.45) is 0.589. The lowest BCUT2D eigenvalue weighted by atomic mass is 10.1. The van der Waals surface area contributed by atoms with Gasteiger partial charge >= 0.3 is 0 Å². The summed E-state index contributed by atoms with van der Waals surface area (Å²) < 4.78 is 0. The molecule has 0 aliphatic carbocycles. The first kappa shape index (κ1) is 12.4. The fraction of sp³-hybridized carbons (Fsp3) is 0.667. The maximum Gasteiger partial charge on any atom is 0.241 e. The molecule has 90 valence electrons. The van der Waals surface area contributed by atoms with Gasteiger partial charge in [-0.05, 0) is 6.42 Å². The van der Waals surface area contributed by atoms with Crippen molar-refractivity contribution in [2.75, 3.05) is 26.2 Å². The number of hydrogen-bond acceptors (Lipinski definition) is 4. The second-order valence-electron chi connectivity index (χ2n) is 3.71. The smallest absolute Gasteiger partial charge is 0.241 e. The summed E-state index contributed by atoms with van der Waals surface area (Å²) in [5.41, 5.74) is 10.2. The number of primary amides is 1. The lowest BCUT2D eigenvalue weighted by Gasteiger charge is -2.15. The van der Waals surface area contributed by atoms with Crippen molar-refractivity contribution < 1.29 is 14.4 Å². The first-order valence-corrected chi connectivity index (χ1v) is 5.08. The summed E-state index contributed by atoms with van der Waals surface area (Å²) in [4.78, 5) is 34.8. The van der Waals surface area contributed by atoms with Crippen LogP contribution in [0.15, 0.2) is 0 Å². The van der Waals surface area contributed by atoms with Crippen molar-refractivity contribution in [3.8, 4) is 0 Å². The van der Waals surface area contributed by atoms with Crippen LogP contribution in [0.3, 0.4) is 0 Å². The van der Waals surface area contributed by atoms with Crippen LogP contribution >= 0.6 is 0 Å². The van der Waals surface area contributed by atoms with E-state index >= 15 is 0 Å². The minimum atomic E-state index is -0.388. The Balaban J connectivity index is 2.34. The summed E-state index contributed by atoms with van der Waals surface area (Å²) in [6.45, 7) is 0.621. The van der Waals surface area contributed by atoms with Crippen molar-refractivity contribution in [2.24, 2.45) is 17.4 Å². The maximum absolute atomic E-state index is 11.6. The van der Waals surface area contributed by atoms with Crippen LogP contribution < -0.4 is 16.8 Å². The van der Waals surface area contributed by atoms with Gasteiger partial charge in [0.05, 0.1) is 19.0 Å². The predicted molar refractivity (Wildman–Crippen MR) is 55.9 cm³/mol. The summed E-state index contributed by atoms with van der Waals surface area (Å²) in [6, 6.07) is 0. The van der Waals surface area contributed by atoms with E-state index in [4.69, 9.17) is 11.5 Å². The number of amides is 3. The standard InChI is InChI=1S/C9H16N4O3/c10-3-7(14)12-4-8(15)13-2-1-6(5-13)9(11)16/h6H,1-5,10H2,(H2,11,16)(H,12,14). The topological polar surface area (TPSA) is 119 Å². The van der Waals surface area contributed by atoms with Crippen molar-refractivity contribution in [1.29, 1.82) is 0 Å². The summed E-state index contributed by atoms with van der Waals surface area (Å²) in [5.74, 6) is -1.25.